The van der Waals surface area contributed by atoms with Gasteiger partial charge in [-0.3, -0.25) is 0 Å². The highest BCUT2D eigenvalue weighted by molar-refractivity contribution is 9.10. The lowest BCUT2D eigenvalue weighted by Crippen LogP contribution is -2.06. The lowest BCUT2D eigenvalue weighted by atomic mass is 9.97. The van der Waals surface area contributed by atoms with E-state index in [4.69, 9.17) is 5.73 Å². The molecule has 1 aliphatic rings. The molecule has 3 heterocycles. The Morgan fingerprint density at radius 2 is 2.10 bits per heavy atom. The van der Waals surface area contributed by atoms with Gasteiger partial charge in [-0.25, -0.2) is 15.0 Å². The van der Waals surface area contributed by atoms with Gasteiger partial charge >= 0.3 is 0 Å². The molecule has 3 N–H and O–H groups in total. The second-order valence-corrected chi connectivity index (χ2v) is 9.04. The Labute approximate surface area is 184 Å². The fourth-order valence-electron chi connectivity index (χ4n) is 4.76. The number of nitrogens with zero attached hydrogens (tertiary/aromatic N) is 4. The van der Waals surface area contributed by atoms with Crippen molar-refractivity contribution in [3.05, 3.63) is 52.9 Å². The number of nitrogens with two attached hydrogens (primary N) is 1. The van der Waals surface area contributed by atoms with Crippen LogP contribution in [0.5, 0.6) is 0 Å². The highest BCUT2D eigenvalue weighted by Crippen LogP contribution is 2.39. The van der Waals surface area contributed by atoms with Gasteiger partial charge in [0.1, 0.15) is 23.6 Å². The molecule has 0 saturated heterocycles. The molecule has 0 unspecified atom stereocenters. The topological polar surface area (TPSA) is 81.7 Å². The number of benzene rings is 1. The molecule has 2 atom stereocenters. The summed E-state index contributed by atoms with van der Waals surface area (Å²) in [5.41, 5.74) is 9.29. The molecule has 0 aliphatic heterocycles. The highest BCUT2D eigenvalue weighted by atomic mass is 79.9. The van der Waals surface area contributed by atoms with E-state index in [1.165, 1.54) is 31.2 Å². The van der Waals surface area contributed by atoms with Gasteiger partial charge in [-0.05, 0) is 77.7 Å². The summed E-state index contributed by atoms with van der Waals surface area (Å²) < 4.78 is 3.20. The van der Waals surface area contributed by atoms with Crippen molar-refractivity contribution in [1.82, 2.24) is 19.5 Å². The summed E-state index contributed by atoms with van der Waals surface area (Å²) in [4.78, 5) is 13.4. The predicted molar refractivity (Wildman–Crippen MR) is 126 cm³/mol. The van der Waals surface area contributed by atoms with Gasteiger partial charge in [0, 0.05) is 24.7 Å². The first-order chi connectivity index (χ1) is 14.6. The van der Waals surface area contributed by atoms with Crippen LogP contribution in [-0.4, -0.2) is 26.6 Å². The molecule has 154 valence electrons. The van der Waals surface area contributed by atoms with Crippen LogP contribution < -0.4 is 11.1 Å². The minimum absolute atomic E-state index is 0.516. The Hall–Kier alpha value is -2.67. The van der Waals surface area contributed by atoms with Crippen molar-refractivity contribution in [3.8, 4) is 0 Å². The fourth-order valence-corrected chi connectivity index (χ4v) is 5.09. The van der Waals surface area contributed by atoms with Crippen molar-refractivity contribution in [1.29, 1.82) is 0 Å². The lowest BCUT2D eigenvalue weighted by molar-refractivity contribution is 0.461. The van der Waals surface area contributed by atoms with E-state index in [0.717, 1.165) is 44.6 Å². The molecule has 3 aromatic heterocycles. The Kier molecular flexibility index (Phi) is 5.06. The van der Waals surface area contributed by atoms with Gasteiger partial charge in [0.25, 0.3) is 0 Å². The van der Waals surface area contributed by atoms with Gasteiger partial charge in [0.2, 0.25) is 0 Å². The molecule has 0 amide bonds. The molecule has 0 bridgehead atoms. The van der Waals surface area contributed by atoms with Gasteiger partial charge < -0.3 is 15.6 Å². The Morgan fingerprint density at radius 1 is 1.20 bits per heavy atom. The van der Waals surface area contributed by atoms with Crippen molar-refractivity contribution in [2.24, 2.45) is 5.92 Å². The smallest absolute Gasteiger partial charge is 0.145 e. The van der Waals surface area contributed by atoms with Crippen molar-refractivity contribution >= 4 is 49.5 Å². The van der Waals surface area contributed by atoms with Crippen molar-refractivity contribution in [2.45, 2.75) is 38.1 Å². The summed E-state index contributed by atoms with van der Waals surface area (Å²) >= 11 is 3.45. The number of nitrogen functional groups attached to an aromatic ring is 1. The summed E-state index contributed by atoms with van der Waals surface area (Å²) in [5.74, 6) is 2.17. The second kappa shape index (κ2) is 7.87. The number of aryl methyl sites for hydroxylation is 1. The SMILES string of the molecule is CNc1ncnc2c1ccn2[C@H]1CC[C@@H](CCc2ccc3cc(Br)c(N)nc3c2)C1. The minimum atomic E-state index is 0.516. The van der Waals surface area contributed by atoms with Crippen LogP contribution in [0.4, 0.5) is 11.6 Å². The maximum atomic E-state index is 5.96. The van der Waals surface area contributed by atoms with Gasteiger partial charge in [-0.2, -0.15) is 0 Å². The minimum Gasteiger partial charge on any atom is -0.383 e. The van der Waals surface area contributed by atoms with Crippen LogP contribution in [-0.2, 0) is 6.42 Å². The number of fused-ring (bicyclic) bond motifs is 2. The van der Waals surface area contributed by atoms with Crippen LogP contribution in [0.2, 0.25) is 0 Å². The normalized spacial score (nSPS) is 19.0. The van der Waals surface area contributed by atoms with E-state index in [2.05, 4.69) is 71.2 Å². The maximum Gasteiger partial charge on any atom is 0.145 e. The quantitative estimate of drug-likeness (QED) is 0.416. The predicted octanol–water partition coefficient (Wildman–Crippen LogP) is 5.34. The molecule has 0 spiro atoms. The summed E-state index contributed by atoms with van der Waals surface area (Å²) in [6, 6.07) is 11.2. The number of anilines is 2. The van der Waals surface area contributed by atoms with Gasteiger partial charge in [-0.1, -0.05) is 12.1 Å². The Balaban J connectivity index is 1.27. The molecule has 7 heteroatoms. The Morgan fingerprint density at radius 3 is 2.97 bits per heavy atom. The lowest BCUT2D eigenvalue weighted by Gasteiger charge is -2.15. The summed E-state index contributed by atoms with van der Waals surface area (Å²) in [6.07, 6.45) is 9.76. The summed E-state index contributed by atoms with van der Waals surface area (Å²) in [6.45, 7) is 0. The van der Waals surface area contributed by atoms with Gasteiger partial charge in [0.05, 0.1) is 15.4 Å². The third-order valence-corrected chi connectivity index (χ3v) is 6.99. The number of hydrogen-bond donors (Lipinski definition) is 2. The highest BCUT2D eigenvalue weighted by Gasteiger charge is 2.27. The van der Waals surface area contributed by atoms with Crippen LogP contribution in [0.3, 0.4) is 0 Å². The van der Waals surface area contributed by atoms with Gasteiger partial charge in [-0.15, -0.1) is 0 Å². The number of nitrogens with one attached hydrogen (secondary N) is 1. The second-order valence-electron chi connectivity index (χ2n) is 8.19. The molecule has 1 fully saturated rings. The van der Waals surface area contributed by atoms with E-state index >= 15 is 0 Å². The summed E-state index contributed by atoms with van der Waals surface area (Å²) in [5, 5.41) is 5.37. The van der Waals surface area contributed by atoms with E-state index in [-0.39, 0.29) is 0 Å². The number of rotatable bonds is 5. The average Bonchev–Trinajstić information content (AvgIpc) is 3.39. The summed E-state index contributed by atoms with van der Waals surface area (Å²) in [7, 11) is 1.90. The molecule has 30 heavy (non-hydrogen) atoms. The van der Waals surface area contributed by atoms with Gasteiger partial charge in [0.15, 0.2) is 0 Å². The van der Waals surface area contributed by atoms with E-state index < -0.39 is 0 Å². The van der Waals surface area contributed by atoms with E-state index in [1.807, 2.05) is 13.1 Å². The third-order valence-electron chi connectivity index (χ3n) is 6.36. The maximum absolute atomic E-state index is 5.96. The number of halogens is 1. The molecule has 4 aromatic rings. The molecular formula is C23H25BrN6. The zero-order chi connectivity index (χ0) is 20.7. The Bertz CT molecular complexity index is 1220. The fraction of sp³-hybridized carbons (Fsp3) is 0.348. The van der Waals surface area contributed by atoms with Crippen LogP contribution >= 0.6 is 15.9 Å². The molecule has 1 aromatic carbocycles. The molecule has 1 aliphatic carbocycles. The van der Waals surface area contributed by atoms with E-state index in [9.17, 15) is 0 Å². The van der Waals surface area contributed by atoms with Crippen LogP contribution in [0.1, 0.15) is 37.3 Å². The van der Waals surface area contributed by atoms with Crippen molar-refractivity contribution in [2.75, 3.05) is 18.1 Å². The average molecular weight is 465 g/mol. The van der Waals surface area contributed by atoms with Crippen molar-refractivity contribution in [3.63, 3.8) is 0 Å². The van der Waals surface area contributed by atoms with Crippen LogP contribution in [0, 0.1) is 5.92 Å². The van der Waals surface area contributed by atoms with Crippen molar-refractivity contribution < 1.29 is 0 Å². The molecule has 5 rings (SSSR count). The van der Waals surface area contributed by atoms with E-state index in [0.29, 0.717) is 11.9 Å². The van der Waals surface area contributed by atoms with Crippen LogP contribution in [0.25, 0.3) is 21.9 Å². The monoisotopic (exact) mass is 464 g/mol. The number of pyridine rings is 1. The molecule has 0 radical (unpaired) electrons. The molecule has 6 nitrogen and oxygen atoms in total. The first kappa shape index (κ1) is 19.3. The third kappa shape index (κ3) is 3.51. The zero-order valence-electron chi connectivity index (χ0n) is 17.0. The zero-order valence-corrected chi connectivity index (χ0v) is 18.6. The first-order valence-corrected chi connectivity index (χ1v) is 11.3. The number of aromatic nitrogens is 4. The van der Waals surface area contributed by atoms with E-state index in [1.54, 1.807) is 6.33 Å². The van der Waals surface area contributed by atoms with Crippen LogP contribution in [0.15, 0.2) is 47.3 Å². The molecule has 1 saturated carbocycles. The molecular weight excluding hydrogens is 440 g/mol. The first-order valence-electron chi connectivity index (χ1n) is 10.5. The largest absolute Gasteiger partial charge is 0.383 e. The number of hydrogen-bond acceptors (Lipinski definition) is 5. The standard InChI is InChI=1S/C23H25BrN6/c1-26-22-18-8-9-30(23(18)28-13-27-22)17-7-5-14(10-17)2-3-15-4-6-16-12-19(24)21(25)29-20(16)11-15/h4,6,8-9,11-14,17H,2-3,5,7,10H2,1H3,(H2,25,29)(H,26,27,28)/t14-,17+/m1/s1.